The van der Waals surface area contributed by atoms with Gasteiger partial charge in [0.25, 0.3) is 0 Å². The Morgan fingerprint density at radius 1 is 1.53 bits per heavy atom. The van der Waals surface area contributed by atoms with Crippen LogP contribution in [-0.2, 0) is 14.3 Å². The van der Waals surface area contributed by atoms with Crippen LogP contribution in [0.25, 0.3) is 0 Å². The Kier molecular flexibility index (Phi) is 5.35. The Hall–Kier alpha value is -1.10. The highest BCUT2D eigenvalue weighted by Crippen LogP contribution is 2.24. The van der Waals surface area contributed by atoms with Crippen LogP contribution < -0.4 is 5.32 Å². The zero-order chi connectivity index (χ0) is 14.6. The highest BCUT2D eigenvalue weighted by molar-refractivity contribution is 5.93. The summed E-state index contributed by atoms with van der Waals surface area (Å²) >= 11 is 0. The van der Waals surface area contributed by atoms with Gasteiger partial charge in [0.2, 0.25) is 11.8 Å². The van der Waals surface area contributed by atoms with E-state index in [0.717, 1.165) is 6.42 Å². The predicted molar refractivity (Wildman–Crippen MR) is 73.7 cm³/mol. The number of hydrogen-bond donors (Lipinski definition) is 1. The second kappa shape index (κ2) is 6.37. The third-order valence-corrected chi connectivity index (χ3v) is 4.00. The van der Waals surface area contributed by atoms with Crippen LogP contribution in [0.15, 0.2) is 0 Å². The van der Waals surface area contributed by atoms with Crippen LogP contribution in [0.2, 0.25) is 0 Å². The first-order chi connectivity index (χ1) is 8.85. The number of carbonyl (C=O) groups excluding carboxylic acids is 2. The molecule has 0 spiro atoms. The van der Waals surface area contributed by atoms with Gasteiger partial charge in [-0.2, -0.15) is 0 Å². The molecule has 5 nitrogen and oxygen atoms in total. The molecule has 1 heterocycles. The molecule has 1 N–H and O–H groups in total. The summed E-state index contributed by atoms with van der Waals surface area (Å²) in [6, 6.07) is -0.00578. The van der Waals surface area contributed by atoms with Crippen molar-refractivity contribution < 1.29 is 14.3 Å². The maximum Gasteiger partial charge on any atom is 0.248 e. The lowest BCUT2D eigenvalue weighted by molar-refractivity contribution is -0.142. The van der Waals surface area contributed by atoms with Crippen LogP contribution in [0.5, 0.6) is 0 Å². The minimum Gasteiger partial charge on any atom is -0.385 e. The van der Waals surface area contributed by atoms with Crippen LogP contribution in [0.4, 0.5) is 0 Å². The molecule has 0 aromatic rings. The number of nitrogens with one attached hydrogen (secondary N) is 1. The fourth-order valence-corrected chi connectivity index (χ4v) is 2.57. The number of nitrogens with zero attached hydrogens (tertiary/aromatic N) is 1. The molecule has 5 heteroatoms. The van der Waals surface area contributed by atoms with E-state index < -0.39 is 5.54 Å². The molecule has 110 valence electrons. The fraction of sp³-hybridized carbons (Fsp3) is 0.857. The van der Waals surface area contributed by atoms with Crippen molar-refractivity contribution in [1.82, 2.24) is 10.2 Å². The molecule has 0 aromatic carbocycles. The Morgan fingerprint density at radius 2 is 2.16 bits per heavy atom. The summed E-state index contributed by atoms with van der Waals surface area (Å²) in [5, 5.41) is 2.86. The summed E-state index contributed by atoms with van der Waals surface area (Å²) in [4.78, 5) is 26.5. The van der Waals surface area contributed by atoms with Gasteiger partial charge in [-0.25, -0.2) is 0 Å². The van der Waals surface area contributed by atoms with Gasteiger partial charge in [0.1, 0.15) is 5.54 Å². The van der Waals surface area contributed by atoms with Gasteiger partial charge in [-0.1, -0.05) is 6.92 Å². The first-order valence-electron chi connectivity index (χ1n) is 6.98. The number of methoxy groups -OCH3 is 1. The smallest absolute Gasteiger partial charge is 0.248 e. The summed E-state index contributed by atoms with van der Waals surface area (Å²) in [6.45, 7) is 8.29. The van der Waals surface area contributed by atoms with Crippen LogP contribution >= 0.6 is 0 Å². The molecule has 19 heavy (non-hydrogen) atoms. The number of ether oxygens (including phenoxy) is 1. The van der Waals surface area contributed by atoms with E-state index in [1.165, 1.54) is 0 Å². The Morgan fingerprint density at radius 3 is 2.68 bits per heavy atom. The van der Waals surface area contributed by atoms with E-state index in [2.05, 4.69) is 5.32 Å². The number of amides is 2. The molecule has 0 aromatic heterocycles. The highest BCUT2D eigenvalue weighted by atomic mass is 16.5. The van der Waals surface area contributed by atoms with Crippen molar-refractivity contribution in [2.75, 3.05) is 13.7 Å². The SMILES string of the molecule is CCC1(C)NC(=O)CC(C)N(C(C)CCOC)C1=O. The standard InChI is InChI=1S/C14H26N2O3/c1-6-14(4)13(18)16(10(2)7-8-19-5)11(3)9-12(17)15-14/h10-11H,6-9H2,1-5H3,(H,15,17). The van der Waals surface area contributed by atoms with Crippen LogP contribution in [-0.4, -0.2) is 48.1 Å². The molecule has 0 bridgehead atoms. The molecule has 3 atom stereocenters. The summed E-state index contributed by atoms with van der Waals surface area (Å²) in [5.41, 5.74) is -0.789. The first-order valence-corrected chi connectivity index (χ1v) is 6.98. The van der Waals surface area contributed by atoms with E-state index in [-0.39, 0.29) is 23.9 Å². The zero-order valence-electron chi connectivity index (χ0n) is 12.7. The van der Waals surface area contributed by atoms with Gasteiger partial charge in [-0.15, -0.1) is 0 Å². The molecule has 0 radical (unpaired) electrons. The Balaban J connectivity index is 2.98. The number of rotatable bonds is 5. The molecule has 0 aliphatic carbocycles. The quantitative estimate of drug-likeness (QED) is 0.819. The summed E-state index contributed by atoms with van der Waals surface area (Å²) in [7, 11) is 1.65. The van der Waals surface area contributed by atoms with Crippen molar-refractivity contribution in [3.05, 3.63) is 0 Å². The van der Waals surface area contributed by atoms with Crippen LogP contribution in [0.3, 0.4) is 0 Å². The lowest BCUT2D eigenvalue weighted by Crippen LogP contribution is -2.57. The van der Waals surface area contributed by atoms with Crippen molar-refractivity contribution in [3.63, 3.8) is 0 Å². The molecule has 0 saturated carbocycles. The molecular formula is C14H26N2O3. The van der Waals surface area contributed by atoms with Gasteiger partial charge < -0.3 is 15.0 Å². The van der Waals surface area contributed by atoms with Crippen molar-refractivity contribution >= 4 is 11.8 Å². The number of carbonyl (C=O) groups is 2. The van der Waals surface area contributed by atoms with E-state index in [0.29, 0.717) is 19.4 Å². The fourth-order valence-electron chi connectivity index (χ4n) is 2.57. The predicted octanol–water partition coefficient (Wildman–Crippen LogP) is 1.32. The molecular weight excluding hydrogens is 244 g/mol. The normalized spacial score (nSPS) is 29.9. The molecule has 1 saturated heterocycles. The molecule has 3 unspecified atom stereocenters. The second-order valence-corrected chi connectivity index (χ2v) is 5.63. The van der Waals surface area contributed by atoms with E-state index in [9.17, 15) is 9.59 Å². The maximum absolute atomic E-state index is 12.7. The van der Waals surface area contributed by atoms with Gasteiger partial charge in [-0.3, -0.25) is 9.59 Å². The van der Waals surface area contributed by atoms with Gasteiger partial charge >= 0.3 is 0 Å². The summed E-state index contributed by atoms with van der Waals surface area (Å²) < 4.78 is 5.08. The average Bonchev–Trinajstić information content (AvgIpc) is 2.43. The highest BCUT2D eigenvalue weighted by Gasteiger charge is 2.43. The third-order valence-electron chi connectivity index (χ3n) is 4.00. The van der Waals surface area contributed by atoms with E-state index in [4.69, 9.17) is 4.74 Å². The lowest BCUT2D eigenvalue weighted by atomic mass is 9.96. The third kappa shape index (κ3) is 3.47. The first kappa shape index (κ1) is 16.0. The van der Waals surface area contributed by atoms with Gasteiger partial charge in [-0.05, 0) is 33.6 Å². The average molecular weight is 270 g/mol. The van der Waals surface area contributed by atoms with E-state index in [1.54, 1.807) is 14.0 Å². The zero-order valence-corrected chi connectivity index (χ0v) is 12.7. The van der Waals surface area contributed by atoms with Crippen molar-refractivity contribution in [2.24, 2.45) is 0 Å². The molecule has 1 fully saturated rings. The maximum atomic E-state index is 12.7. The monoisotopic (exact) mass is 270 g/mol. The topological polar surface area (TPSA) is 58.6 Å². The van der Waals surface area contributed by atoms with Crippen molar-refractivity contribution in [1.29, 1.82) is 0 Å². The lowest BCUT2D eigenvalue weighted by Gasteiger charge is -2.37. The number of hydrogen-bond acceptors (Lipinski definition) is 3. The van der Waals surface area contributed by atoms with Gasteiger partial charge in [0.05, 0.1) is 0 Å². The molecule has 1 aliphatic heterocycles. The molecule has 1 aliphatic rings. The van der Waals surface area contributed by atoms with Crippen molar-refractivity contribution in [2.45, 2.75) is 64.6 Å². The Labute approximate surface area is 115 Å². The van der Waals surface area contributed by atoms with Crippen molar-refractivity contribution in [3.8, 4) is 0 Å². The second-order valence-electron chi connectivity index (χ2n) is 5.63. The van der Waals surface area contributed by atoms with E-state index in [1.807, 2.05) is 25.7 Å². The molecule has 1 rings (SSSR count). The van der Waals surface area contributed by atoms with Gasteiger partial charge in [0, 0.05) is 32.2 Å². The summed E-state index contributed by atoms with van der Waals surface area (Å²) in [5.74, 6) is -0.0383. The molecule has 2 amide bonds. The minimum absolute atomic E-state index is 0.0111. The van der Waals surface area contributed by atoms with Gasteiger partial charge in [0.15, 0.2) is 0 Å². The Bertz CT molecular complexity index is 346. The summed E-state index contributed by atoms with van der Waals surface area (Å²) in [6.07, 6.45) is 1.73. The van der Waals surface area contributed by atoms with Crippen LogP contribution in [0, 0.1) is 0 Å². The van der Waals surface area contributed by atoms with Crippen LogP contribution in [0.1, 0.15) is 47.0 Å². The minimum atomic E-state index is -0.789. The largest absolute Gasteiger partial charge is 0.385 e. The van der Waals surface area contributed by atoms with E-state index >= 15 is 0 Å².